The van der Waals surface area contributed by atoms with Crippen molar-refractivity contribution in [1.82, 2.24) is 25.2 Å². The van der Waals surface area contributed by atoms with Crippen LogP contribution in [0.25, 0.3) is 11.1 Å². The molecule has 160 valence electrons. The molecule has 0 aromatic carbocycles. The summed E-state index contributed by atoms with van der Waals surface area (Å²) in [4.78, 5) is 40.2. The molecule has 1 fully saturated rings. The van der Waals surface area contributed by atoms with Crippen LogP contribution in [0.2, 0.25) is 0 Å². The minimum Gasteiger partial charge on any atom is -0.368 e. The summed E-state index contributed by atoms with van der Waals surface area (Å²) in [5.74, 6) is -0.229. The average molecular weight is 438 g/mol. The highest BCUT2D eigenvalue weighted by Crippen LogP contribution is 2.26. The van der Waals surface area contributed by atoms with Crippen molar-refractivity contribution in [3.63, 3.8) is 0 Å². The first-order valence-corrected chi connectivity index (χ1v) is 10.8. The molecule has 1 saturated heterocycles. The lowest BCUT2D eigenvalue weighted by atomic mass is 10.1. The Balaban J connectivity index is 1.46. The molecule has 1 N–H and O–H groups in total. The van der Waals surface area contributed by atoms with Gasteiger partial charge in [-0.2, -0.15) is 0 Å². The Bertz CT molecular complexity index is 1100. The molecule has 1 aliphatic rings. The second kappa shape index (κ2) is 8.91. The predicted molar refractivity (Wildman–Crippen MR) is 117 cm³/mol. The van der Waals surface area contributed by atoms with E-state index in [1.54, 1.807) is 25.5 Å². The zero-order chi connectivity index (χ0) is 22.0. The van der Waals surface area contributed by atoms with Crippen LogP contribution in [0.1, 0.15) is 42.7 Å². The Morgan fingerprint density at radius 3 is 2.45 bits per heavy atom. The Morgan fingerprint density at radius 2 is 1.87 bits per heavy atom. The lowest BCUT2D eigenvalue weighted by Gasteiger charge is -2.32. The number of hydrogen-bond donors (Lipinski definition) is 1. The van der Waals surface area contributed by atoms with E-state index in [2.05, 4.69) is 20.3 Å². The van der Waals surface area contributed by atoms with Crippen molar-refractivity contribution in [2.75, 3.05) is 26.7 Å². The molecular formula is C22H23N5O3S. The van der Waals surface area contributed by atoms with Crippen LogP contribution >= 0.6 is 11.3 Å². The third-order valence-electron chi connectivity index (χ3n) is 5.12. The van der Waals surface area contributed by atoms with Crippen molar-refractivity contribution in [3.05, 3.63) is 63.6 Å². The minimum absolute atomic E-state index is 0.00435. The SMILES string of the molecule is CNC(=O)c1ccc(-c2ccc(C3CN(C(=O)c4sc(C)nc4C)CCO3)nc2)cn1. The summed E-state index contributed by atoms with van der Waals surface area (Å²) in [7, 11) is 1.57. The average Bonchev–Trinajstić information content (AvgIpc) is 3.16. The lowest BCUT2D eigenvalue weighted by Crippen LogP contribution is -2.42. The first-order valence-electron chi connectivity index (χ1n) is 9.95. The van der Waals surface area contributed by atoms with Gasteiger partial charge in [-0.3, -0.25) is 19.6 Å². The van der Waals surface area contributed by atoms with Gasteiger partial charge >= 0.3 is 0 Å². The van der Waals surface area contributed by atoms with E-state index in [0.29, 0.717) is 30.3 Å². The summed E-state index contributed by atoms with van der Waals surface area (Å²) >= 11 is 1.43. The second-order valence-corrected chi connectivity index (χ2v) is 8.44. The maximum atomic E-state index is 12.9. The van der Waals surface area contributed by atoms with Gasteiger partial charge in [-0.1, -0.05) is 12.1 Å². The molecule has 0 radical (unpaired) electrons. The molecule has 1 unspecified atom stereocenters. The van der Waals surface area contributed by atoms with Crippen LogP contribution in [0.15, 0.2) is 36.7 Å². The van der Waals surface area contributed by atoms with Crippen LogP contribution in [0, 0.1) is 13.8 Å². The first-order chi connectivity index (χ1) is 15.0. The number of pyridine rings is 2. The fraction of sp³-hybridized carbons (Fsp3) is 0.318. The van der Waals surface area contributed by atoms with E-state index in [4.69, 9.17) is 4.74 Å². The molecule has 4 heterocycles. The topological polar surface area (TPSA) is 97.3 Å². The van der Waals surface area contributed by atoms with Gasteiger partial charge in [0.2, 0.25) is 0 Å². The van der Waals surface area contributed by atoms with Crippen LogP contribution in [0.4, 0.5) is 0 Å². The van der Waals surface area contributed by atoms with E-state index in [1.807, 2.05) is 36.9 Å². The predicted octanol–water partition coefficient (Wildman–Crippen LogP) is 2.79. The molecule has 31 heavy (non-hydrogen) atoms. The number of aryl methyl sites for hydroxylation is 2. The van der Waals surface area contributed by atoms with Gasteiger partial charge in [-0.15, -0.1) is 11.3 Å². The third kappa shape index (κ3) is 4.47. The molecule has 2 amide bonds. The van der Waals surface area contributed by atoms with E-state index in [-0.39, 0.29) is 17.9 Å². The van der Waals surface area contributed by atoms with Gasteiger partial charge < -0.3 is 15.0 Å². The van der Waals surface area contributed by atoms with Crippen molar-refractivity contribution in [1.29, 1.82) is 0 Å². The number of carbonyl (C=O) groups excluding carboxylic acids is 2. The van der Waals surface area contributed by atoms with Gasteiger partial charge in [0, 0.05) is 37.1 Å². The van der Waals surface area contributed by atoms with Gasteiger partial charge in [0.15, 0.2) is 0 Å². The van der Waals surface area contributed by atoms with E-state index in [1.165, 1.54) is 11.3 Å². The van der Waals surface area contributed by atoms with Gasteiger partial charge in [0.1, 0.15) is 16.7 Å². The van der Waals surface area contributed by atoms with Crippen LogP contribution in [-0.4, -0.2) is 58.4 Å². The van der Waals surface area contributed by atoms with E-state index < -0.39 is 0 Å². The van der Waals surface area contributed by atoms with Gasteiger partial charge in [-0.25, -0.2) is 4.98 Å². The zero-order valence-electron chi connectivity index (χ0n) is 17.6. The summed E-state index contributed by atoms with van der Waals surface area (Å²) < 4.78 is 5.89. The fourth-order valence-corrected chi connectivity index (χ4v) is 4.37. The van der Waals surface area contributed by atoms with Crippen LogP contribution in [-0.2, 0) is 4.74 Å². The van der Waals surface area contributed by atoms with Crippen molar-refractivity contribution in [2.24, 2.45) is 0 Å². The Hall–Kier alpha value is -3.17. The quantitative estimate of drug-likeness (QED) is 0.674. The fourth-order valence-electron chi connectivity index (χ4n) is 3.48. The van der Waals surface area contributed by atoms with Crippen LogP contribution < -0.4 is 5.32 Å². The monoisotopic (exact) mass is 437 g/mol. The number of aromatic nitrogens is 3. The molecule has 9 heteroatoms. The molecule has 8 nitrogen and oxygen atoms in total. The number of rotatable bonds is 4. The number of nitrogens with one attached hydrogen (secondary N) is 1. The highest BCUT2D eigenvalue weighted by Gasteiger charge is 2.29. The summed E-state index contributed by atoms with van der Waals surface area (Å²) in [6.45, 7) is 5.23. The number of ether oxygens (including phenoxy) is 1. The number of nitrogens with zero attached hydrogens (tertiary/aromatic N) is 4. The number of hydrogen-bond acceptors (Lipinski definition) is 7. The molecule has 0 bridgehead atoms. The Labute approximate surface area is 184 Å². The smallest absolute Gasteiger partial charge is 0.269 e. The minimum atomic E-state index is -0.283. The van der Waals surface area contributed by atoms with Crippen molar-refractivity contribution in [2.45, 2.75) is 20.0 Å². The molecule has 0 saturated carbocycles. The first kappa shape index (κ1) is 21.1. The van der Waals surface area contributed by atoms with Crippen LogP contribution in [0.3, 0.4) is 0 Å². The number of carbonyl (C=O) groups is 2. The van der Waals surface area contributed by atoms with E-state index in [0.717, 1.165) is 27.5 Å². The summed E-state index contributed by atoms with van der Waals surface area (Å²) in [6.07, 6.45) is 3.13. The molecule has 0 aliphatic carbocycles. The van der Waals surface area contributed by atoms with Gasteiger partial charge in [0.25, 0.3) is 11.8 Å². The van der Waals surface area contributed by atoms with Crippen molar-refractivity contribution >= 4 is 23.2 Å². The van der Waals surface area contributed by atoms with Crippen molar-refractivity contribution in [3.8, 4) is 11.1 Å². The van der Waals surface area contributed by atoms with Gasteiger partial charge in [0.05, 0.1) is 29.5 Å². The van der Waals surface area contributed by atoms with Crippen LogP contribution in [0.5, 0.6) is 0 Å². The number of amides is 2. The summed E-state index contributed by atoms with van der Waals surface area (Å²) in [6, 6.07) is 7.37. The highest BCUT2D eigenvalue weighted by atomic mass is 32.1. The number of thiazole rings is 1. The highest BCUT2D eigenvalue weighted by molar-refractivity contribution is 7.13. The standard InChI is InChI=1S/C22H23N5O3S/c1-13-20(31-14(2)26-13)22(29)27-8-9-30-19(12-27)17-6-4-15(10-24-17)16-5-7-18(25-11-16)21(28)23-3/h4-7,10-11,19H,8-9,12H2,1-3H3,(H,23,28). The number of morpholine rings is 1. The van der Waals surface area contributed by atoms with E-state index in [9.17, 15) is 9.59 Å². The maximum absolute atomic E-state index is 12.9. The molecule has 0 spiro atoms. The normalized spacial score (nSPS) is 16.2. The van der Waals surface area contributed by atoms with Gasteiger partial charge in [-0.05, 0) is 26.0 Å². The third-order valence-corrected chi connectivity index (χ3v) is 6.19. The zero-order valence-corrected chi connectivity index (χ0v) is 18.4. The largest absolute Gasteiger partial charge is 0.368 e. The molecule has 1 atom stereocenters. The summed E-state index contributed by atoms with van der Waals surface area (Å²) in [5, 5.41) is 3.44. The lowest BCUT2D eigenvalue weighted by molar-refractivity contribution is -0.0245. The Kier molecular flexibility index (Phi) is 6.06. The molecule has 1 aliphatic heterocycles. The van der Waals surface area contributed by atoms with E-state index >= 15 is 0 Å². The summed E-state index contributed by atoms with van der Waals surface area (Å²) in [5.41, 5.74) is 3.66. The second-order valence-electron chi connectivity index (χ2n) is 7.24. The van der Waals surface area contributed by atoms with Crippen molar-refractivity contribution < 1.29 is 14.3 Å². The molecule has 3 aromatic heterocycles. The molecule has 3 aromatic rings. The molecular weight excluding hydrogens is 414 g/mol. The molecule has 4 rings (SSSR count). The Morgan fingerprint density at radius 1 is 1.13 bits per heavy atom. The maximum Gasteiger partial charge on any atom is 0.269 e.